The first-order valence-electron chi connectivity index (χ1n) is 14.2. The average Bonchev–Trinajstić information content (AvgIpc) is 3.02. The minimum atomic E-state index is -4.19. The molecule has 2 amide bonds. The molecule has 0 saturated carbocycles. The maximum absolute atomic E-state index is 14.4. The van der Waals surface area contributed by atoms with Gasteiger partial charge in [0.1, 0.15) is 18.4 Å². The predicted molar refractivity (Wildman–Crippen MR) is 174 cm³/mol. The molecule has 0 aromatic heterocycles. The number of anilines is 1. The lowest BCUT2D eigenvalue weighted by molar-refractivity contribution is -0.140. The van der Waals surface area contributed by atoms with Gasteiger partial charge in [0.05, 0.1) is 10.6 Å². The molecule has 0 aliphatic rings. The second kappa shape index (κ2) is 15.1. The van der Waals surface area contributed by atoms with Crippen LogP contribution in [0.1, 0.15) is 25.0 Å². The first kappa shape index (κ1) is 32.9. The molecule has 10 heteroatoms. The number of amides is 2. The smallest absolute Gasteiger partial charge is 0.264 e. The number of rotatable bonds is 13. The number of hydrogen-bond donors (Lipinski definition) is 1. The van der Waals surface area contributed by atoms with Gasteiger partial charge in [-0.25, -0.2) is 12.8 Å². The van der Waals surface area contributed by atoms with Gasteiger partial charge in [-0.1, -0.05) is 96.5 Å². The van der Waals surface area contributed by atoms with E-state index in [2.05, 4.69) is 21.2 Å². The maximum Gasteiger partial charge on any atom is 0.264 e. The molecule has 0 fully saturated rings. The Morgan fingerprint density at radius 3 is 2.09 bits per heavy atom. The van der Waals surface area contributed by atoms with E-state index in [1.807, 2.05) is 44.2 Å². The number of halogens is 2. The summed E-state index contributed by atoms with van der Waals surface area (Å²) in [5.41, 5.74) is 1.70. The predicted octanol–water partition coefficient (Wildman–Crippen LogP) is 6.20. The van der Waals surface area contributed by atoms with Gasteiger partial charge in [0.15, 0.2) is 0 Å². The zero-order chi connectivity index (χ0) is 31.7. The van der Waals surface area contributed by atoms with Gasteiger partial charge in [-0.05, 0) is 59.5 Å². The van der Waals surface area contributed by atoms with Crippen LogP contribution in [0.15, 0.2) is 119 Å². The molecule has 0 radical (unpaired) electrons. The van der Waals surface area contributed by atoms with Crippen LogP contribution in [0.4, 0.5) is 10.1 Å². The largest absolute Gasteiger partial charge is 0.354 e. The number of nitrogens with zero attached hydrogens (tertiary/aromatic N) is 2. The van der Waals surface area contributed by atoms with Crippen LogP contribution >= 0.6 is 15.9 Å². The van der Waals surface area contributed by atoms with Gasteiger partial charge >= 0.3 is 0 Å². The molecule has 1 atom stereocenters. The van der Waals surface area contributed by atoms with Crippen LogP contribution in [0.3, 0.4) is 0 Å². The number of carbonyl (C=O) groups excluding carboxylic acids is 2. The molecule has 0 aliphatic carbocycles. The van der Waals surface area contributed by atoms with E-state index in [0.717, 1.165) is 9.87 Å². The van der Waals surface area contributed by atoms with Crippen molar-refractivity contribution in [1.82, 2.24) is 10.2 Å². The molecular weight excluding hydrogens is 645 g/mol. The van der Waals surface area contributed by atoms with Crippen molar-refractivity contribution < 1.29 is 22.4 Å². The molecule has 1 N–H and O–H groups in total. The van der Waals surface area contributed by atoms with Crippen molar-refractivity contribution in [1.29, 1.82) is 0 Å². The van der Waals surface area contributed by atoms with Crippen molar-refractivity contribution in [3.05, 3.63) is 131 Å². The minimum absolute atomic E-state index is 0.0216. The monoisotopic (exact) mass is 679 g/mol. The van der Waals surface area contributed by atoms with Crippen LogP contribution in [0, 0.1) is 11.7 Å². The number of carbonyl (C=O) groups is 2. The van der Waals surface area contributed by atoms with Crippen LogP contribution < -0.4 is 9.62 Å². The number of sulfonamides is 1. The van der Waals surface area contributed by atoms with E-state index >= 15 is 0 Å². The standard InChI is InChI=1S/C34H35BrFN3O4S/c1-25(2)22-37-34(41)32(20-26-10-5-3-6-11-26)38(23-27-16-18-29(36)19-17-27)33(40)24-39(30-13-9-12-28(35)21-30)44(42,43)31-14-7-4-8-15-31/h3-19,21,25,32H,20,22-24H2,1-2H3,(H,37,41)/t32-/m1/s1. The van der Waals surface area contributed by atoms with Crippen molar-refractivity contribution in [3.63, 3.8) is 0 Å². The fraction of sp³-hybridized carbons (Fsp3) is 0.235. The van der Waals surface area contributed by atoms with E-state index in [1.54, 1.807) is 54.6 Å². The van der Waals surface area contributed by atoms with Crippen LogP contribution in [-0.2, 0) is 32.6 Å². The first-order valence-corrected chi connectivity index (χ1v) is 16.5. The summed E-state index contributed by atoms with van der Waals surface area (Å²) in [5, 5.41) is 2.95. The van der Waals surface area contributed by atoms with Crippen molar-refractivity contribution in [2.45, 2.75) is 37.8 Å². The molecular formula is C34H35BrFN3O4S. The summed E-state index contributed by atoms with van der Waals surface area (Å²) < 4.78 is 43.5. The molecule has 44 heavy (non-hydrogen) atoms. The fourth-order valence-corrected chi connectivity index (χ4v) is 6.46. The van der Waals surface area contributed by atoms with Crippen LogP contribution in [-0.4, -0.2) is 44.3 Å². The summed E-state index contributed by atoms with van der Waals surface area (Å²) in [7, 11) is -4.19. The third-order valence-corrected chi connectivity index (χ3v) is 9.21. The van der Waals surface area contributed by atoms with E-state index in [9.17, 15) is 22.4 Å². The lowest BCUT2D eigenvalue weighted by Crippen LogP contribution is -2.53. The Hall–Kier alpha value is -4.02. The third kappa shape index (κ3) is 8.76. The zero-order valence-electron chi connectivity index (χ0n) is 24.6. The van der Waals surface area contributed by atoms with Gasteiger partial charge in [0, 0.05) is 24.0 Å². The van der Waals surface area contributed by atoms with Crippen molar-refractivity contribution in [2.24, 2.45) is 5.92 Å². The Labute approximate surface area is 266 Å². The Balaban J connectivity index is 1.79. The SMILES string of the molecule is CC(C)CNC(=O)[C@@H](Cc1ccccc1)N(Cc1ccc(F)cc1)C(=O)CN(c1cccc(Br)c1)S(=O)(=O)c1ccccc1. The van der Waals surface area contributed by atoms with E-state index < -0.39 is 34.3 Å². The van der Waals surface area contributed by atoms with Gasteiger partial charge in [0.25, 0.3) is 10.0 Å². The lowest BCUT2D eigenvalue weighted by Gasteiger charge is -2.34. The Morgan fingerprint density at radius 1 is 0.841 bits per heavy atom. The Morgan fingerprint density at radius 2 is 1.48 bits per heavy atom. The van der Waals surface area contributed by atoms with Crippen LogP contribution in [0.2, 0.25) is 0 Å². The molecule has 0 bridgehead atoms. The van der Waals surface area contributed by atoms with E-state index in [1.165, 1.54) is 29.2 Å². The highest BCUT2D eigenvalue weighted by Gasteiger charge is 2.34. The van der Waals surface area contributed by atoms with Gasteiger partial charge in [0.2, 0.25) is 11.8 Å². The quantitative estimate of drug-likeness (QED) is 0.182. The molecule has 4 aromatic rings. The topological polar surface area (TPSA) is 86.8 Å². The zero-order valence-corrected chi connectivity index (χ0v) is 27.0. The Kier molecular flexibility index (Phi) is 11.3. The van der Waals surface area contributed by atoms with Crippen molar-refractivity contribution in [2.75, 3.05) is 17.4 Å². The molecule has 7 nitrogen and oxygen atoms in total. The highest BCUT2D eigenvalue weighted by atomic mass is 79.9. The maximum atomic E-state index is 14.4. The highest BCUT2D eigenvalue weighted by Crippen LogP contribution is 2.27. The van der Waals surface area contributed by atoms with Crippen LogP contribution in [0.25, 0.3) is 0 Å². The van der Waals surface area contributed by atoms with Crippen LogP contribution in [0.5, 0.6) is 0 Å². The number of nitrogens with one attached hydrogen (secondary N) is 1. The van der Waals surface area contributed by atoms with Gasteiger partial charge < -0.3 is 10.2 Å². The molecule has 0 heterocycles. The number of benzene rings is 4. The summed E-state index contributed by atoms with van der Waals surface area (Å²) in [6.45, 7) is 3.73. The molecule has 0 saturated heterocycles. The second-order valence-corrected chi connectivity index (χ2v) is 13.6. The molecule has 0 spiro atoms. The lowest BCUT2D eigenvalue weighted by atomic mass is 10.0. The fourth-order valence-electron chi connectivity index (χ4n) is 4.64. The van der Waals surface area contributed by atoms with Crippen molar-refractivity contribution >= 4 is 43.5 Å². The van der Waals surface area contributed by atoms with Gasteiger partial charge in [-0.15, -0.1) is 0 Å². The van der Waals surface area contributed by atoms with E-state index in [4.69, 9.17) is 0 Å². The molecule has 4 rings (SSSR count). The second-order valence-electron chi connectivity index (χ2n) is 10.8. The molecule has 4 aromatic carbocycles. The third-order valence-electron chi connectivity index (χ3n) is 6.93. The summed E-state index contributed by atoms with van der Waals surface area (Å²) >= 11 is 3.41. The summed E-state index contributed by atoms with van der Waals surface area (Å²) in [4.78, 5) is 29.6. The van der Waals surface area contributed by atoms with Gasteiger partial charge in [-0.2, -0.15) is 0 Å². The molecule has 230 valence electrons. The van der Waals surface area contributed by atoms with E-state index in [0.29, 0.717) is 16.6 Å². The van der Waals surface area contributed by atoms with Gasteiger partial charge in [-0.3, -0.25) is 13.9 Å². The summed E-state index contributed by atoms with van der Waals surface area (Å²) in [5.74, 6) is -1.22. The normalized spacial score (nSPS) is 12.0. The highest BCUT2D eigenvalue weighted by molar-refractivity contribution is 9.10. The number of hydrogen-bond acceptors (Lipinski definition) is 4. The molecule has 0 unspecified atom stereocenters. The summed E-state index contributed by atoms with van der Waals surface area (Å²) in [6, 6.07) is 28.6. The minimum Gasteiger partial charge on any atom is -0.354 e. The first-order chi connectivity index (χ1) is 21.0. The average molecular weight is 681 g/mol. The molecule has 0 aliphatic heterocycles. The summed E-state index contributed by atoms with van der Waals surface area (Å²) in [6.07, 6.45) is 0.194. The Bertz CT molecular complexity index is 1650. The van der Waals surface area contributed by atoms with Crippen molar-refractivity contribution in [3.8, 4) is 0 Å². The van der Waals surface area contributed by atoms with E-state index in [-0.39, 0.29) is 35.4 Å².